The molecule has 3 fully saturated rings. The molecule has 61 heavy (non-hydrogen) atoms. The van der Waals surface area contributed by atoms with Crippen LogP contribution >= 0.6 is 0 Å². The van der Waals surface area contributed by atoms with Crippen molar-refractivity contribution in [1.29, 1.82) is 0 Å². The lowest BCUT2D eigenvalue weighted by atomic mass is 9.94. The molecule has 4 aromatic rings. The first-order valence-corrected chi connectivity index (χ1v) is 21.1. The molecule has 15 nitrogen and oxygen atoms in total. The van der Waals surface area contributed by atoms with Gasteiger partial charge in [0.1, 0.15) is 17.9 Å². The number of nitrogens with one attached hydrogen (secondary N) is 4. The van der Waals surface area contributed by atoms with Gasteiger partial charge in [-0.05, 0) is 59.1 Å². The highest BCUT2D eigenvalue weighted by molar-refractivity contribution is 5.87. The molecule has 4 N–H and O–H groups in total. The van der Waals surface area contributed by atoms with Crippen LogP contribution < -0.4 is 10.6 Å². The van der Waals surface area contributed by atoms with Gasteiger partial charge in [0.2, 0.25) is 11.8 Å². The number of likely N-dealkylation sites (tertiary alicyclic amines) is 2. The third kappa shape index (κ3) is 9.32. The number of alkyl carbamates (subject to hydrolysis) is 2. The Hall–Kier alpha value is -5.67. The Labute approximate surface area is 357 Å². The van der Waals surface area contributed by atoms with Crippen molar-refractivity contribution in [1.82, 2.24) is 35.4 Å². The molecular formula is C46H59N7O8. The number of methoxy groups -OCH3 is 2. The zero-order valence-electron chi connectivity index (χ0n) is 36.4. The van der Waals surface area contributed by atoms with E-state index in [0.717, 1.165) is 52.2 Å². The summed E-state index contributed by atoms with van der Waals surface area (Å²) in [7, 11) is 2.57. The smallest absolute Gasteiger partial charge is 0.407 e. The predicted octanol–water partition coefficient (Wildman–Crippen LogP) is 7.21. The number of amides is 4. The Morgan fingerprint density at radius 2 is 1.25 bits per heavy atom. The monoisotopic (exact) mass is 837 g/mol. The third-order valence-corrected chi connectivity index (χ3v) is 12.0. The number of hydrogen-bond donors (Lipinski definition) is 4. The molecular weight excluding hydrogens is 779 g/mol. The van der Waals surface area contributed by atoms with E-state index in [-0.39, 0.29) is 41.7 Å². The van der Waals surface area contributed by atoms with Crippen LogP contribution in [-0.2, 0) is 28.5 Å². The van der Waals surface area contributed by atoms with E-state index in [1.54, 1.807) is 11.1 Å². The number of hydrogen-bond acceptors (Lipinski definition) is 9. The third-order valence-electron chi connectivity index (χ3n) is 12.0. The van der Waals surface area contributed by atoms with Crippen molar-refractivity contribution in [3.8, 4) is 33.6 Å². The van der Waals surface area contributed by atoms with Gasteiger partial charge in [0, 0.05) is 29.8 Å². The van der Waals surface area contributed by atoms with Gasteiger partial charge >= 0.3 is 12.2 Å². The Bertz CT molecular complexity index is 2180. The quantitative estimate of drug-likeness (QED) is 0.122. The summed E-state index contributed by atoms with van der Waals surface area (Å²) in [4.78, 5) is 67.4. The van der Waals surface area contributed by atoms with E-state index in [0.29, 0.717) is 32.0 Å². The summed E-state index contributed by atoms with van der Waals surface area (Å²) in [6, 6.07) is 18.6. The lowest BCUT2D eigenvalue weighted by Crippen LogP contribution is -2.53. The number of carbonyl (C=O) groups excluding carboxylic acids is 4. The fourth-order valence-corrected chi connectivity index (χ4v) is 8.48. The average molecular weight is 838 g/mol. The number of rotatable bonds is 11. The molecule has 0 unspecified atom stereocenters. The molecule has 0 saturated carbocycles. The Morgan fingerprint density at radius 1 is 0.721 bits per heavy atom. The molecule has 326 valence electrons. The summed E-state index contributed by atoms with van der Waals surface area (Å²) in [5.41, 5.74) is 6.62. The molecule has 4 amide bonds. The number of H-pyrrole nitrogens is 2. The van der Waals surface area contributed by atoms with E-state index in [2.05, 4.69) is 70.8 Å². The van der Waals surface area contributed by atoms with E-state index >= 15 is 0 Å². The number of ether oxygens (including phenoxy) is 4. The molecule has 4 atom stereocenters. The highest BCUT2D eigenvalue weighted by Crippen LogP contribution is 2.44. The van der Waals surface area contributed by atoms with Gasteiger partial charge in [0.25, 0.3) is 0 Å². The van der Waals surface area contributed by atoms with Crippen molar-refractivity contribution in [2.75, 3.05) is 40.5 Å². The van der Waals surface area contributed by atoms with Gasteiger partial charge in [-0.3, -0.25) is 9.59 Å². The first-order chi connectivity index (χ1) is 29.1. The summed E-state index contributed by atoms with van der Waals surface area (Å²) in [6.45, 7) is 13.5. The molecule has 3 aliphatic heterocycles. The minimum Gasteiger partial charge on any atom is -0.453 e. The van der Waals surface area contributed by atoms with Gasteiger partial charge < -0.3 is 49.3 Å². The fourth-order valence-electron chi connectivity index (χ4n) is 8.48. The number of aromatic nitrogens is 3. The van der Waals surface area contributed by atoms with Crippen LogP contribution in [0.15, 0.2) is 66.9 Å². The SMILES string of the molecule is COC(=O)N[C@H](C(=O)N1CCC[C@H]1c1ccc(-c2ccc(-c3ccc(-c4cnc([C@@H]5CC6(CN5C(=O)[C@H](NC(=O)OC)C(C)C)OCC(C)(C)CO6)[nH]4)cc3)cc2)[nH]1)C(C)C. The normalized spacial score (nSPS) is 20.5. The Balaban J connectivity index is 1.04. The van der Waals surface area contributed by atoms with Crippen LogP contribution in [0, 0.1) is 17.3 Å². The summed E-state index contributed by atoms with van der Waals surface area (Å²) >= 11 is 0. The molecule has 0 bridgehead atoms. The zero-order chi connectivity index (χ0) is 43.6. The molecule has 0 aliphatic carbocycles. The molecule has 3 aliphatic rings. The van der Waals surface area contributed by atoms with Crippen molar-refractivity contribution < 1.29 is 38.1 Å². The zero-order valence-corrected chi connectivity index (χ0v) is 36.4. The maximum absolute atomic E-state index is 14.2. The second-order valence-corrected chi connectivity index (χ2v) is 17.9. The first kappa shape index (κ1) is 43.4. The minimum absolute atomic E-state index is 0.0938. The first-order valence-electron chi connectivity index (χ1n) is 21.1. The van der Waals surface area contributed by atoms with E-state index in [1.807, 2.05) is 56.9 Å². The summed E-state index contributed by atoms with van der Waals surface area (Å²) in [6.07, 6.45) is 2.59. The van der Waals surface area contributed by atoms with Gasteiger partial charge in [-0.1, -0.05) is 90.1 Å². The number of aromatic amines is 2. The van der Waals surface area contributed by atoms with Gasteiger partial charge in [0.15, 0.2) is 5.79 Å². The van der Waals surface area contributed by atoms with Crippen molar-refractivity contribution in [3.05, 3.63) is 78.4 Å². The number of carbonyl (C=O) groups is 4. The Morgan fingerprint density at radius 3 is 1.79 bits per heavy atom. The lowest BCUT2D eigenvalue weighted by Gasteiger charge is -2.41. The molecule has 1 spiro atoms. The molecule has 2 aromatic heterocycles. The van der Waals surface area contributed by atoms with Crippen LogP contribution in [-0.4, -0.2) is 107 Å². The van der Waals surface area contributed by atoms with E-state index < -0.39 is 36.1 Å². The topological polar surface area (TPSA) is 180 Å². The maximum Gasteiger partial charge on any atom is 0.407 e. The fraction of sp³-hybridized carbons (Fsp3) is 0.500. The van der Waals surface area contributed by atoms with Crippen LogP contribution in [0.5, 0.6) is 0 Å². The van der Waals surface area contributed by atoms with E-state index in [9.17, 15) is 19.2 Å². The van der Waals surface area contributed by atoms with Crippen molar-refractivity contribution in [2.45, 2.75) is 90.8 Å². The van der Waals surface area contributed by atoms with Crippen LogP contribution in [0.1, 0.15) is 84.4 Å². The van der Waals surface area contributed by atoms with Crippen molar-refractivity contribution in [2.24, 2.45) is 17.3 Å². The van der Waals surface area contributed by atoms with Crippen LogP contribution in [0.2, 0.25) is 0 Å². The number of benzene rings is 2. The largest absolute Gasteiger partial charge is 0.453 e. The predicted molar refractivity (Wildman–Crippen MR) is 229 cm³/mol. The van der Waals surface area contributed by atoms with Crippen LogP contribution in [0.25, 0.3) is 33.6 Å². The highest BCUT2D eigenvalue weighted by atomic mass is 16.7. The number of imidazole rings is 1. The minimum atomic E-state index is -0.990. The van der Waals surface area contributed by atoms with Crippen LogP contribution in [0.3, 0.4) is 0 Å². The van der Waals surface area contributed by atoms with Gasteiger partial charge in [-0.25, -0.2) is 14.6 Å². The van der Waals surface area contributed by atoms with E-state index in [4.69, 9.17) is 23.9 Å². The number of nitrogens with zero attached hydrogens (tertiary/aromatic N) is 3. The lowest BCUT2D eigenvalue weighted by molar-refractivity contribution is -0.290. The van der Waals surface area contributed by atoms with Gasteiger partial charge in [-0.2, -0.15) is 0 Å². The second kappa shape index (κ2) is 17.7. The summed E-state index contributed by atoms with van der Waals surface area (Å²) < 4.78 is 22.3. The van der Waals surface area contributed by atoms with Crippen LogP contribution in [0.4, 0.5) is 9.59 Å². The molecule has 15 heteroatoms. The molecule has 5 heterocycles. The standard InChI is InChI=1S/C46H59N7O8/c1-27(2)38(50-43(56)58-7)41(54)52-21-9-10-36(52)34-20-19-33(48-34)31-15-11-29(12-16-31)30-13-17-32(18-14-30)35-23-47-40(49-35)37-22-46(60-25-45(5,6)26-61-46)24-53(37)42(55)39(28(3)4)51-44(57)59-8/h11-20,23,27-28,36-39,48H,9-10,21-22,24-26H2,1-8H3,(H,47,49)(H,50,56)(H,51,57)/t36-,37-,38-,39+/m0/s1. The molecule has 3 saturated heterocycles. The summed E-state index contributed by atoms with van der Waals surface area (Å²) in [5.74, 6) is -1.05. The molecule has 2 aromatic carbocycles. The molecule has 0 radical (unpaired) electrons. The Kier molecular flexibility index (Phi) is 12.6. The summed E-state index contributed by atoms with van der Waals surface area (Å²) in [5, 5.41) is 5.43. The van der Waals surface area contributed by atoms with E-state index in [1.165, 1.54) is 14.2 Å². The second-order valence-electron chi connectivity index (χ2n) is 17.9. The van der Waals surface area contributed by atoms with Crippen molar-refractivity contribution in [3.63, 3.8) is 0 Å². The maximum atomic E-state index is 14.2. The molecule has 7 rings (SSSR count). The van der Waals surface area contributed by atoms with Gasteiger partial charge in [-0.15, -0.1) is 0 Å². The van der Waals surface area contributed by atoms with Crippen molar-refractivity contribution >= 4 is 24.0 Å². The highest BCUT2D eigenvalue weighted by Gasteiger charge is 2.53. The average Bonchev–Trinajstić information content (AvgIpc) is 4.09. The van der Waals surface area contributed by atoms with Gasteiger partial charge in [0.05, 0.1) is 58.0 Å².